The number of hydrogen-bond donors (Lipinski definition) is 1. The van der Waals surface area contributed by atoms with Crippen molar-refractivity contribution >= 4 is 11.4 Å². The van der Waals surface area contributed by atoms with E-state index in [1.54, 1.807) is 6.07 Å². The zero-order chi connectivity index (χ0) is 15.4. The molecule has 0 saturated carbocycles. The summed E-state index contributed by atoms with van der Waals surface area (Å²) in [5, 5.41) is 10.9. The molecule has 1 aliphatic rings. The highest BCUT2D eigenvalue weighted by Crippen LogP contribution is 2.27. The van der Waals surface area contributed by atoms with Crippen molar-refractivity contribution in [3.8, 4) is 0 Å². The number of benzene rings is 1. The van der Waals surface area contributed by atoms with Gasteiger partial charge in [-0.05, 0) is 51.5 Å². The van der Waals surface area contributed by atoms with Crippen molar-refractivity contribution in [2.45, 2.75) is 19.4 Å². The lowest BCUT2D eigenvalue weighted by atomic mass is 9.96. The maximum Gasteiger partial charge on any atom is 0.292 e. The van der Waals surface area contributed by atoms with Crippen LogP contribution in [0.1, 0.15) is 18.4 Å². The summed E-state index contributed by atoms with van der Waals surface area (Å²) in [6.45, 7) is 3.89. The summed E-state index contributed by atoms with van der Waals surface area (Å²) in [6.07, 6.45) is 2.35. The molecule has 2 rings (SSSR count). The minimum absolute atomic E-state index is 0.00925. The van der Waals surface area contributed by atoms with E-state index in [2.05, 4.69) is 23.9 Å². The molecule has 0 aliphatic carbocycles. The molecule has 1 fully saturated rings. The van der Waals surface area contributed by atoms with Gasteiger partial charge in [-0.3, -0.25) is 15.0 Å². The SMILES string of the molecule is CN(C)CC1CCN(Cc2cccc([N+](=O)[O-])c2N)CC1. The van der Waals surface area contributed by atoms with Crippen LogP contribution in [0.25, 0.3) is 0 Å². The molecule has 6 nitrogen and oxygen atoms in total. The molecule has 0 bridgehead atoms. The minimum Gasteiger partial charge on any atom is -0.393 e. The molecule has 1 saturated heterocycles. The van der Waals surface area contributed by atoms with Crippen LogP contribution in [0.2, 0.25) is 0 Å². The lowest BCUT2D eigenvalue weighted by Gasteiger charge is -2.33. The number of nitrogens with zero attached hydrogens (tertiary/aromatic N) is 3. The number of rotatable bonds is 5. The summed E-state index contributed by atoms with van der Waals surface area (Å²) in [6, 6.07) is 5.05. The standard InChI is InChI=1S/C15H24N4O2/c1-17(2)10-12-6-8-18(9-7-12)11-13-4-3-5-14(15(13)16)19(20)21/h3-5,12H,6-11,16H2,1-2H3. The van der Waals surface area contributed by atoms with Crippen molar-refractivity contribution in [1.29, 1.82) is 0 Å². The van der Waals surface area contributed by atoms with E-state index < -0.39 is 4.92 Å². The summed E-state index contributed by atoms with van der Waals surface area (Å²) in [7, 11) is 4.21. The molecule has 1 aromatic rings. The summed E-state index contributed by atoms with van der Waals surface area (Å²) in [4.78, 5) is 15.1. The van der Waals surface area contributed by atoms with Crippen molar-refractivity contribution in [2.75, 3.05) is 39.5 Å². The first-order valence-corrected chi connectivity index (χ1v) is 7.36. The Balaban J connectivity index is 1.95. The summed E-state index contributed by atoms with van der Waals surface area (Å²) in [5.41, 5.74) is 7.09. The van der Waals surface area contributed by atoms with E-state index in [9.17, 15) is 10.1 Å². The molecular weight excluding hydrogens is 268 g/mol. The molecule has 21 heavy (non-hydrogen) atoms. The van der Waals surface area contributed by atoms with Crippen LogP contribution in [-0.4, -0.2) is 48.5 Å². The Morgan fingerprint density at radius 3 is 2.62 bits per heavy atom. The molecule has 0 amide bonds. The van der Waals surface area contributed by atoms with Gasteiger partial charge in [0.1, 0.15) is 5.69 Å². The first kappa shape index (κ1) is 15.7. The van der Waals surface area contributed by atoms with Crippen LogP contribution in [0.15, 0.2) is 18.2 Å². The number of nitrogens with two attached hydrogens (primary N) is 1. The first-order chi connectivity index (χ1) is 9.97. The summed E-state index contributed by atoms with van der Waals surface area (Å²) >= 11 is 0. The molecule has 0 aromatic heterocycles. The molecule has 0 spiro atoms. The van der Waals surface area contributed by atoms with E-state index >= 15 is 0 Å². The molecule has 1 aliphatic heterocycles. The number of piperidine rings is 1. The fraction of sp³-hybridized carbons (Fsp3) is 0.600. The number of likely N-dealkylation sites (tertiary alicyclic amines) is 1. The van der Waals surface area contributed by atoms with E-state index in [4.69, 9.17) is 5.73 Å². The van der Waals surface area contributed by atoms with Gasteiger partial charge in [-0.15, -0.1) is 0 Å². The Labute approximate surface area is 125 Å². The Hall–Kier alpha value is -1.66. The predicted octanol–water partition coefficient (Wildman–Crippen LogP) is 1.95. The predicted molar refractivity (Wildman–Crippen MR) is 84.1 cm³/mol. The summed E-state index contributed by atoms with van der Waals surface area (Å²) < 4.78 is 0. The van der Waals surface area contributed by atoms with Gasteiger partial charge in [0.05, 0.1) is 4.92 Å². The second-order valence-corrected chi connectivity index (χ2v) is 6.09. The molecule has 0 atom stereocenters. The van der Waals surface area contributed by atoms with Gasteiger partial charge in [-0.2, -0.15) is 0 Å². The molecule has 1 aromatic carbocycles. The number of nitro benzene ring substituents is 1. The smallest absolute Gasteiger partial charge is 0.292 e. The monoisotopic (exact) mass is 292 g/mol. The lowest BCUT2D eigenvalue weighted by Crippen LogP contribution is -2.36. The van der Waals surface area contributed by atoms with Crippen LogP contribution in [-0.2, 0) is 6.54 Å². The van der Waals surface area contributed by atoms with Gasteiger partial charge in [-0.25, -0.2) is 0 Å². The third-order valence-electron chi connectivity index (χ3n) is 4.09. The van der Waals surface area contributed by atoms with E-state index in [1.165, 1.54) is 18.9 Å². The molecule has 6 heteroatoms. The number of hydrogen-bond acceptors (Lipinski definition) is 5. The topological polar surface area (TPSA) is 75.6 Å². The Morgan fingerprint density at radius 1 is 1.38 bits per heavy atom. The Bertz CT molecular complexity index is 496. The maximum absolute atomic E-state index is 10.9. The average Bonchev–Trinajstić information content (AvgIpc) is 2.42. The van der Waals surface area contributed by atoms with Crippen LogP contribution >= 0.6 is 0 Å². The van der Waals surface area contributed by atoms with Crippen LogP contribution in [0, 0.1) is 16.0 Å². The van der Waals surface area contributed by atoms with Gasteiger partial charge in [0.15, 0.2) is 0 Å². The normalized spacial score (nSPS) is 17.3. The zero-order valence-electron chi connectivity index (χ0n) is 12.8. The van der Waals surface area contributed by atoms with Crippen LogP contribution < -0.4 is 5.73 Å². The number of para-hydroxylation sites is 1. The summed E-state index contributed by atoms with van der Waals surface area (Å²) in [5.74, 6) is 0.749. The molecule has 1 heterocycles. The molecule has 0 unspecified atom stereocenters. The average molecular weight is 292 g/mol. The highest BCUT2D eigenvalue weighted by atomic mass is 16.6. The lowest BCUT2D eigenvalue weighted by molar-refractivity contribution is -0.384. The Kier molecular flexibility index (Phi) is 5.14. The van der Waals surface area contributed by atoms with E-state index in [0.717, 1.165) is 31.1 Å². The van der Waals surface area contributed by atoms with Gasteiger partial charge in [0.25, 0.3) is 5.69 Å². The maximum atomic E-state index is 10.9. The van der Waals surface area contributed by atoms with Gasteiger partial charge in [0, 0.05) is 19.2 Å². The highest BCUT2D eigenvalue weighted by Gasteiger charge is 2.21. The van der Waals surface area contributed by atoms with Gasteiger partial charge < -0.3 is 10.6 Å². The highest BCUT2D eigenvalue weighted by molar-refractivity contribution is 5.62. The van der Waals surface area contributed by atoms with Crippen LogP contribution in [0.3, 0.4) is 0 Å². The van der Waals surface area contributed by atoms with Crippen molar-refractivity contribution in [1.82, 2.24) is 9.80 Å². The van der Waals surface area contributed by atoms with Crippen LogP contribution in [0.5, 0.6) is 0 Å². The number of nitrogen functional groups attached to an aromatic ring is 1. The Morgan fingerprint density at radius 2 is 2.05 bits per heavy atom. The molecule has 116 valence electrons. The number of anilines is 1. The zero-order valence-corrected chi connectivity index (χ0v) is 12.8. The third kappa shape index (κ3) is 4.15. The molecular formula is C15H24N4O2. The third-order valence-corrected chi connectivity index (χ3v) is 4.09. The van der Waals surface area contributed by atoms with Crippen molar-refractivity contribution in [2.24, 2.45) is 5.92 Å². The molecule has 0 radical (unpaired) electrons. The second-order valence-electron chi connectivity index (χ2n) is 6.09. The first-order valence-electron chi connectivity index (χ1n) is 7.36. The second kappa shape index (κ2) is 6.87. The van der Waals surface area contributed by atoms with Crippen molar-refractivity contribution < 1.29 is 4.92 Å². The van der Waals surface area contributed by atoms with Gasteiger partial charge in [-0.1, -0.05) is 12.1 Å². The minimum atomic E-state index is -0.415. The van der Waals surface area contributed by atoms with E-state index in [-0.39, 0.29) is 5.69 Å². The quantitative estimate of drug-likeness (QED) is 0.510. The van der Waals surface area contributed by atoms with Crippen LogP contribution in [0.4, 0.5) is 11.4 Å². The van der Waals surface area contributed by atoms with Gasteiger partial charge >= 0.3 is 0 Å². The van der Waals surface area contributed by atoms with Crippen molar-refractivity contribution in [3.05, 3.63) is 33.9 Å². The molecule has 2 N–H and O–H groups in total. The van der Waals surface area contributed by atoms with Crippen molar-refractivity contribution in [3.63, 3.8) is 0 Å². The van der Waals surface area contributed by atoms with Gasteiger partial charge in [0.2, 0.25) is 0 Å². The largest absolute Gasteiger partial charge is 0.393 e. The fourth-order valence-corrected chi connectivity index (χ4v) is 2.98. The van der Waals surface area contributed by atoms with E-state index in [1.807, 2.05) is 6.07 Å². The number of nitro groups is 1. The van der Waals surface area contributed by atoms with E-state index in [0.29, 0.717) is 12.2 Å². The fourth-order valence-electron chi connectivity index (χ4n) is 2.98.